The number of ketones is 1. The molecule has 1 aliphatic rings. The van der Waals surface area contributed by atoms with Gasteiger partial charge in [0.05, 0.1) is 28.4 Å². The summed E-state index contributed by atoms with van der Waals surface area (Å²) in [6.45, 7) is 8.83. The molecule has 0 saturated carbocycles. The first kappa shape index (κ1) is 27.3. The molecule has 6 nitrogen and oxygen atoms in total. The number of aliphatic hydroxyl groups excluding tert-OH is 1. The molecule has 0 radical (unpaired) electrons. The lowest BCUT2D eigenvalue weighted by atomic mass is 9.95. The smallest absolute Gasteiger partial charge is 0.296 e. The molecule has 1 unspecified atom stereocenters. The van der Waals surface area contributed by atoms with Crippen LogP contribution in [0.4, 0.5) is 5.13 Å². The van der Waals surface area contributed by atoms with E-state index >= 15 is 0 Å². The number of rotatable bonds is 9. The Kier molecular flexibility index (Phi) is 7.85. The van der Waals surface area contributed by atoms with Crippen LogP contribution in [-0.2, 0) is 9.59 Å². The van der Waals surface area contributed by atoms with Crippen molar-refractivity contribution < 1.29 is 19.4 Å². The number of carbonyl (C=O) groups excluding carboxylic acids is 2. The molecular weight excluding hydrogens is 520 g/mol. The van der Waals surface area contributed by atoms with Gasteiger partial charge in [0.2, 0.25) is 0 Å². The standard InChI is InChI=1S/C33H32N2O4S/c1-20(2)15-16-39-25-12-8-11-24(19-25)30-28(26(36)14-13-23-9-6-5-7-10-23)31(37)32(38)35(30)33-34-29-22(4)17-21(3)18-27(29)40-33/h5-14,17-20,30,37H,15-16H2,1-4H3. The van der Waals surface area contributed by atoms with Crippen LogP contribution >= 0.6 is 11.3 Å². The average Bonchev–Trinajstić information content (AvgIpc) is 3.46. The average molecular weight is 553 g/mol. The van der Waals surface area contributed by atoms with E-state index in [-0.39, 0.29) is 5.57 Å². The Bertz CT molecular complexity index is 1630. The highest BCUT2D eigenvalue weighted by molar-refractivity contribution is 7.22. The lowest BCUT2D eigenvalue weighted by Crippen LogP contribution is -2.30. The number of fused-ring (bicyclic) bond motifs is 1. The number of nitrogens with zero attached hydrogens (tertiary/aromatic N) is 2. The van der Waals surface area contributed by atoms with Crippen LogP contribution in [0.5, 0.6) is 5.75 Å². The number of hydrogen-bond acceptors (Lipinski definition) is 6. The molecule has 2 heterocycles. The van der Waals surface area contributed by atoms with E-state index in [1.54, 1.807) is 6.08 Å². The Morgan fingerprint density at radius 1 is 1.10 bits per heavy atom. The van der Waals surface area contributed by atoms with Crippen molar-refractivity contribution in [2.45, 2.75) is 40.2 Å². The van der Waals surface area contributed by atoms with Gasteiger partial charge in [-0.3, -0.25) is 14.5 Å². The van der Waals surface area contributed by atoms with Crippen LogP contribution in [0, 0.1) is 19.8 Å². The highest BCUT2D eigenvalue weighted by Gasteiger charge is 2.45. The summed E-state index contributed by atoms with van der Waals surface area (Å²) < 4.78 is 6.93. The van der Waals surface area contributed by atoms with Crippen molar-refractivity contribution in [3.05, 3.63) is 106 Å². The number of aromatic nitrogens is 1. The quantitative estimate of drug-likeness (QED) is 0.217. The normalized spacial score (nSPS) is 15.7. The minimum absolute atomic E-state index is 0.0173. The molecule has 204 valence electrons. The van der Waals surface area contributed by atoms with E-state index in [0.29, 0.717) is 29.0 Å². The van der Waals surface area contributed by atoms with Gasteiger partial charge in [0, 0.05) is 0 Å². The summed E-state index contributed by atoms with van der Waals surface area (Å²) in [5, 5.41) is 11.5. The SMILES string of the molecule is Cc1cc(C)c2nc(N3C(=O)C(O)=C(C(=O)C=Cc4ccccc4)C3c3cccc(OCCC(C)C)c3)sc2c1. The Morgan fingerprint density at radius 3 is 2.62 bits per heavy atom. The van der Waals surface area contributed by atoms with Gasteiger partial charge in [0.1, 0.15) is 5.75 Å². The third-order valence-corrected chi connectivity index (χ3v) is 7.86. The van der Waals surface area contributed by atoms with E-state index in [9.17, 15) is 14.7 Å². The van der Waals surface area contributed by atoms with Crippen molar-refractivity contribution in [3.63, 3.8) is 0 Å². The third kappa shape index (κ3) is 5.56. The molecule has 3 aromatic carbocycles. The first-order chi connectivity index (χ1) is 19.2. The van der Waals surface area contributed by atoms with Gasteiger partial charge in [-0.05, 0) is 72.7 Å². The molecular formula is C33H32N2O4S. The number of benzene rings is 3. The number of hydrogen-bond donors (Lipinski definition) is 1. The predicted molar refractivity (Wildman–Crippen MR) is 161 cm³/mol. The van der Waals surface area contributed by atoms with Crippen LogP contribution in [0.1, 0.15) is 48.6 Å². The minimum Gasteiger partial charge on any atom is -0.503 e. The van der Waals surface area contributed by atoms with Crippen molar-refractivity contribution in [2.75, 3.05) is 11.5 Å². The van der Waals surface area contributed by atoms with Crippen LogP contribution in [0.3, 0.4) is 0 Å². The molecule has 5 rings (SSSR count). The second kappa shape index (κ2) is 11.5. The lowest BCUT2D eigenvalue weighted by Gasteiger charge is -2.24. The van der Waals surface area contributed by atoms with Crippen LogP contribution in [0.15, 0.2) is 84.1 Å². The topological polar surface area (TPSA) is 79.7 Å². The van der Waals surface area contributed by atoms with E-state index in [2.05, 4.69) is 13.8 Å². The number of amides is 1. The summed E-state index contributed by atoms with van der Waals surface area (Å²) in [4.78, 5) is 33.5. The maximum absolute atomic E-state index is 13.6. The number of thiazole rings is 1. The molecule has 4 aromatic rings. The number of allylic oxidation sites excluding steroid dienone is 1. The molecule has 1 amide bonds. The Hall–Kier alpha value is -4.23. The zero-order valence-corrected chi connectivity index (χ0v) is 23.9. The first-order valence-corrected chi connectivity index (χ1v) is 14.2. The molecule has 7 heteroatoms. The van der Waals surface area contributed by atoms with E-state index < -0.39 is 23.5 Å². The number of anilines is 1. The molecule has 1 N–H and O–H groups in total. The van der Waals surface area contributed by atoms with Gasteiger partial charge in [-0.2, -0.15) is 0 Å². The second-order valence-electron chi connectivity index (χ2n) is 10.5. The molecule has 1 atom stereocenters. The fourth-order valence-corrected chi connectivity index (χ4v) is 6.01. The second-order valence-corrected chi connectivity index (χ2v) is 11.5. The van der Waals surface area contributed by atoms with Crippen LogP contribution in [0.2, 0.25) is 0 Å². The summed E-state index contributed by atoms with van der Waals surface area (Å²) in [5.74, 6) is -0.523. The Labute approximate surface area is 238 Å². The van der Waals surface area contributed by atoms with Gasteiger partial charge in [0.25, 0.3) is 5.91 Å². The van der Waals surface area contributed by atoms with Crippen molar-refractivity contribution in [3.8, 4) is 5.75 Å². The first-order valence-electron chi connectivity index (χ1n) is 13.4. The Morgan fingerprint density at radius 2 is 1.88 bits per heavy atom. The minimum atomic E-state index is -0.865. The molecule has 40 heavy (non-hydrogen) atoms. The monoisotopic (exact) mass is 552 g/mol. The zero-order valence-electron chi connectivity index (χ0n) is 23.0. The van der Waals surface area contributed by atoms with E-state index in [0.717, 1.165) is 33.3 Å². The number of aliphatic hydroxyl groups is 1. The van der Waals surface area contributed by atoms with E-state index in [1.165, 1.54) is 22.3 Å². The summed E-state index contributed by atoms with van der Waals surface area (Å²) >= 11 is 1.37. The molecule has 0 bridgehead atoms. The Balaban J connectivity index is 1.58. The van der Waals surface area contributed by atoms with Crippen LogP contribution in [0.25, 0.3) is 16.3 Å². The van der Waals surface area contributed by atoms with Gasteiger partial charge in [-0.1, -0.05) is 79.8 Å². The van der Waals surface area contributed by atoms with Crippen molar-refractivity contribution in [1.29, 1.82) is 0 Å². The number of ether oxygens (including phenoxy) is 1. The highest BCUT2D eigenvalue weighted by Crippen LogP contribution is 2.44. The molecule has 0 saturated heterocycles. The molecule has 1 aliphatic heterocycles. The predicted octanol–water partition coefficient (Wildman–Crippen LogP) is 7.52. The van der Waals surface area contributed by atoms with Gasteiger partial charge < -0.3 is 9.84 Å². The fraction of sp³-hybridized carbons (Fsp3) is 0.242. The highest BCUT2D eigenvalue weighted by atomic mass is 32.1. The number of aryl methyl sites for hydroxylation is 2. The van der Waals surface area contributed by atoms with E-state index in [1.807, 2.05) is 80.6 Å². The summed E-state index contributed by atoms with van der Waals surface area (Å²) in [7, 11) is 0. The number of carbonyl (C=O) groups is 2. The fourth-order valence-electron chi connectivity index (χ4n) is 4.84. The van der Waals surface area contributed by atoms with Crippen LogP contribution < -0.4 is 9.64 Å². The third-order valence-electron chi connectivity index (χ3n) is 6.86. The van der Waals surface area contributed by atoms with Crippen molar-refractivity contribution in [2.24, 2.45) is 5.92 Å². The van der Waals surface area contributed by atoms with Gasteiger partial charge in [0.15, 0.2) is 16.7 Å². The maximum atomic E-state index is 13.6. The maximum Gasteiger partial charge on any atom is 0.296 e. The summed E-state index contributed by atoms with van der Waals surface area (Å²) in [5.41, 5.74) is 4.41. The van der Waals surface area contributed by atoms with Crippen molar-refractivity contribution in [1.82, 2.24) is 4.98 Å². The zero-order chi connectivity index (χ0) is 28.4. The molecule has 0 spiro atoms. The van der Waals surface area contributed by atoms with Gasteiger partial charge >= 0.3 is 0 Å². The largest absolute Gasteiger partial charge is 0.503 e. The summed E-state index contributed by atoms with van der Waals surface area (Å²) in [6.07, 6.45) is 3.99. The van der Waals surface area contributed by atoms with Crippen LogP contribution in [-0.4, -0.2) is 28.4 Å². The molecule has 0 aliphatic carbocycles. The van der Waals surface area contributed by atoms with E-state index in [4.69, 9.17) is 9.72 Å². The van der Waals surface area contributed by atoms with Crippen molar-refractivity contribution >= 4 is 44.5 Å². The van der Waals surface area contributed by atoms with Gasteiger partial charge in [-0.15, -0.1) is 0 Å². The summed E-state index contributed by atoms with van der Waals surface area (Å²) in [6, 6.07) is 20.0. The molecule has 1 aromatic heterocycles. The lowest BCUT2D eigenvalue weighted by molar-refractivity contribution is -0.117. The molecule has 0 fully saturated rings. The van der Waals surface area contributed by atoms with Gasteiger partial charge in [-0.25, -0.2) is 4.98 Å².